The summed E-state index contributed by atoms with van der Waals surface area (Å²) in [7, 11) is 0. The summed E-state index contributed by atoms with van der Waals surface area (Å²) in [6, 6.07) is 9.41. The van der Waals surface area contributed by atoms with Crippen molar-refractivity contribution in [2.24, 2.45) is 0 Å². The minimum Gasteiger partial charge on any atom is -0.346 e. The fourth-order valence-electron chi connectivity index (χ4n) is 4.29. The maximum Gasteiger partial charge on any atom is 0.255 e. The third-order valence-corrected chi connectivity index (χ3v) is 5.85. The van der Waals surface area contributed by atoms with Gasteiger partial charge >= 0.3 is 0 Å². The van der Waals surface area contributed by atoms with Gasteiger partial charge in [-0.3, -0.25) is 19.3 Å². The van der Waals surface area contributed by atoms with Crippen LogP contribution in [0.4, 0.5) is 0 Å². The Balaban J connectivity index is 1.23. The molecule has 0 unspecified atom stereocenters. The lowest BCUT2D eigenvalue weighted by atomic mass is 10.0. The minimum absolute atomic E-state index is 0.0245. The van der Waals surface area contributed by atoms with E-state index in [1.54, 1.807) is 11.1 Å². The first kappa shape index (κ1) is 17.8. The standard InChI is InChI=1S/C22H23N5O2/c1-14-20(19-6-2-3-10-27(19)25-14)21(28)24-17-12-26(13-17)22(29)16-8-7-15-5-4-9-23-18(15)11-16/h4-5,7-9,11,17H,2-3,6,10,12-13H2,1H3,(H,24,28). The van der Waals surface area contributed by atoms with E-state index in [0.717, 1.165) is 53.7 Å². The van der Waals surface area contributed by atoms with E-state index in [1.807, 2.05) is 41.9 Å². The molecule has 2 amide bonds. The molecule has 3 aromatic rings. The molecule has 0 saturated carbocycles. The van der Waals surface area contributed by atoms with Crippen LogP contribution in [0.25, 0.3) is 10.9 Å². The molecule has 0 atom stereocenters. The zero-order chi connectivity index (χ0) is 20.0. The van der Waals surface area contributed by atoms with E-state index in [0.29, 0.717) is 18.7 Å². The number of fused-ring (bicyclic) bond motifs is 2. The number of carbonyl (C=O) groups is 2. The van der Waals surface area contributed by atoms with Crippen molar-refractivity contribution < 1.29 is 9.59 Å². The molecule has 1 saturated heterocycles. The van der Waals surface area contributed by atoms with Crippen molar-refractivity contribution in [2.45, 2.75) is 38.8 Å². The lowest BCUT2D eigenvalue weighted by Crippen LogP contribution is -2.61. The van der Waals surface area contributed by atoms with Crippen molar-refractivity contribution in [1.82, 2.24) is 25.0 Å². The molecule has 0 bridgehead atoms. The van der Waals surface area contributed by atoms with Gasteiger partial charge < -0.3 is 10.2 Å². The Kier molecular flexibility index (Phi) is 4.30. The predicted octanol–water partition coefficient (Wildman–Crippen LogP) is 2.33. The van der Waals surface area contributed by atoms with E-state index < -0.39 is 0 Å². The van der Waals surface area contributed by atoms with Gasteiger partial charge in [-0.05, 0) is 44.4 Å². The predicted molar refractivity (Wildman–Crippen MR) is 109 cm³/mol. The van der Waals surface area contributed by atoms with Crippen LogP contribution >= 0.6 is 0 Å². The number of amides is 2. The van der Waals surface area contributed by atoms with Gasteiger partial charge in [0.15, 0.2) is 0 Å². The van der Waals surface area contributed by atoms with Gasteiger partial charge in [-0.15, -0.1) is 0 Å². The maximum atomic E-state index is 12.8. The van der Waals surface area contributed by atoms with E-state index in [9.17, 15) is 9.59 Å². The summed E-state index contributed by atoms with van der Waals surface area (Å²) in [4.78, 5) is 31.6. The number of carbonyl (C=O) groups excluding carboxylic acids is 2. The van der Waals surface area contributed by atoms with Crippen molar-refractivity contribution in [3.05, 3.63) is 59.0 Å². The number of pyridine rings is 1. The van der Waals surface area contributed by atoms with Crippen LogP contribution in [0, 0.1) is 6.92 Å². The summed E-state index contributed by atoms with van der Waals surface area (Å²) in [6.07, 6.45) is 4.83. The van der Waals surface area contributed by atoms with Gasteiger partial charge in [0.25, 0.3) is 11.8 Å². The average Bonchev–Trinajstić information content (AvgIpc) is 3.05. The molecule has 148 valence electrons. The molecule has 1 fully saturated rings. The van der Waals surface area contributed by atoms with Gasteiger partial charge in [0.2, 0.25) is 0 Å². The summed E-state index contributed by atoms with van der Waals surface area (Å²) in [5, 5.41) is 8.61. The van der Waals surface area contributed by atoms with Crippen molar-refractivity contribution >= 4 is 22.7 Å². The summed E-state index contributed by atoms with van der Waals surface area (Å²) < 4.78 is 1.97. The summed E-state index contributed by atoms with van der Waals surface area (Å²) in [5.41, 5.74) is 3.99. The third-order valence-electron chi connectivity index (χ3n) is 5.85. The molecule has 2 aliphatic heterocycles. The van der Waals surface area contributed by atoms with Gasteiger partial charge in [0.1, 0.15) is 0 Å². The molecule has 1 N–H and O–H groups in total. The van der Waals surface area contributed by atoms with Crippen LogP contribution in [0.15, 0.2) is 36.5 Å². The molecule has 7 heteroatoms. The Morgan fingerprint density at radius 3 is 2.90 bits per heavy atom. The van der Waals surface area contributed by atoms with Crippen molar-refractivity contribution in [3.8, 4) is 0 Å². The topological polar surface area (TPSA) is 80.1 Å². The molecule has 1 aromatic carbocycles. The first-order chi connectivity index (χ1) is 14.1. The van der Waals surface area contributed by atoms with Crippen molar-refractivity contribution in [3.63, 3.8) is 0 Å². The van der Waals surface area contributed by atoms with Crippen LogP contribution < -0.4 is 5.32 Å². The number of nitrogens with one attached hydrogen (secondary N) is 1. The number of benzene rings is 1. The van der Waals surface area contributed by atoms with Gasteiger partial charge in [-0.25, -0.2) is 0 Å². The molecule has 0 spiro atoms. The van der Waals surface area contributed by atoms with E-state index in [-0.39, 0.29) is 17.9 Å². The van der Waals surface area contributed by atoms with Crippen LogP contribution in [0.5, 0.6) is 0 Å². The highest BCUT2D eigenvalue weighted by atomic mass is 16.2. The van der Waals surface area contributed by atoms with E-state index in [2.05, 4.69) is 15.4 Å². The van der Waals surface area contributed by atoms with E-state index in [1.165, 1.54) is 0 Å². The highest BCUT2D eigenvalue weighted by Crippen LogP contribution is 2.22. The normalized spacial score (nSPS) is 16.4. The second-order valence-corrected chi connectivity index (χ2v) is 7.88. The largest absolute Gasteiger partial charge is 0.346 e. The molecule has 0 aliphatic carbocycles. The van der Waals surface area contributed by atoms with Crippen LogP contribution in [0.2, 0.25) is 0 Å². The fourth-order valence-corrected chi connectivity index (χ4v) is 4.29. The van der Waals surface area contributed by atoms with Gasteiger partial charge in [0.05, 0.1) is 28.5 Å². The second-order valence-electron chi connectivity index (χ2n) is 7.88. The summed E-state index contributed by atoms with van der Waals surface area (Å²) in [6.45, 7) is 3.82. The van der Waals surface area contributed by atoms with E-state index in [4.69, 9.17) is 0 Å². The van der Waals surface area contributed by atoms with Gasteiger partial charge in [-0.1, -0.05) is 12.1 Å². The Hall–Kier alpha value is -3.22. The van der Waals surface area contributed by atoms with Gasteiger partial charge in [-0.2, -0.15) is 5.10 Å². The molecule has 2 aliphatic rings. The molecule has 5 rings (SSSR count). The number of rotatable bonds is 3. The number of aromatic nitrogens is 3. The minimum atomic E-state index is -0.0716. The third kappa shape index (κ3) is 3.16. The second kappa shape index (κ2) is 6.99. The number of nitrogens with zero attached hydrogens (tertiary/aromatic N) is 4. The monoisotopic (exact) mass is 389 g/mol. The van der Waals surface area contributed by atoms with Crippen LogP contribution in [0.3, 0.4) is 0 Å². The Labute approximate surface area is 168 Å². The molecule has 7 nitrogen and oxygen atoms in total. The molecular weight excluding hydrogens is 366 g/mol. The molecule has 2 aromatic heterocycles. The van der Waals surface area contributed by atoms with Crippen molar-refractivity contribution in [2.75, 3.05) is 13.1 Å². The smallest absolute Gasteiger partial charge is 0.255 e. The maximum absolute atomic E-state index is 12.8. The Morgan fingerprint density at radius 2 is 2.03 bits per heavy atom. The summed E-state index contributed by atoms with van der Waals surface area (Å²) in [5.74, 6) is -0.0974. The zero-order valence-corrected chi connectivity index (χ0v) is 16.4. The number of aryl methyl sites for hydroxylation is 2. The van der Waals surface area contributed by atoms with Crippen molar-refractivity contribution in [1.29, 1.82) is 0 Å². The highest BCUT2D eigenvalue weighted by molar-refractivity contribution is 5.99. The number of hydrogen-bond acceptors (Lipinski definition) is 4. The zero-order valence-electron chi connectivity index (χ0n) is 16.4. The quantitative estimate of drug-likeness (QED) is 0.746. The lowest BCUT2D eigenvalue weighted by Gasteiger charge is -2.39. The highest BCUT2D eigenvalue weighted by Gasteiger charge is 2.34. The number of likely N-dealkylation sites (tertiary alicyclic amines) is 1. The van der Waals surface area contributed by atoms with E-state index >= 15 is 0 Å². The van der Waals surface area contributed by atoms with Gasteiger partial charge in [0, 0.05) is 36.8 Å². The lowest BCUT2D eigenvalue weighted by molar-refractivity contribution is 0.0542. The van der Waals surface area contributed by atoms with Crippen LogP contribution in [0.1, 0.15) is 44.9 Å². The number of hydrogen-bond donors (Lipinski definition) is 1. The van der Waals surface area contributed by atoms with Crippen LogP contribution in [-0.4, -0.2) is 50.6 Å². The SMILES string of the molecule is Cc1nn2c(c1C(=O)NC1CN(C(=O)c3ccc4cccnc4c3)C1)CCCC2. The first-order valence-electron chi connectivity index (χ1n) is 10.1. The molecule has 0 radical (unpaired) electrons. The molecule has 29 heavy (non-hydrogen) atoms. The molecule has 4 heterocycles. The first-order valence-corrected chi connectivity index (χ1v) is 10.1. The van der Waals surface area contributed by atoms with Crippen LogP contribution in [-0.2, 0) is 13.0 Å². The molecular formula is C22H23N5O2. The fraction of sp³-hybridized carbons (Fsp3) is 0.364. The Morgan fingerprint density at radius 1 is 1.17 bits per heavy atom. The average molecular weight is 389 g/mol. The Bertz CT molecular complexity index is 1110. The summed E-state index contributed by atoms with van der Waals surface area (Å²) >= 11 is 0.